The summed E-state index contributed by atoms with van der Waals surface area (Å²) in [7, 11) is 0. The first-order valence-corrected chi connectivity index (χ1v) is 7.37. The van der Waals surface area contributed by atoms with E-state index in [9.17, 15) is 4.79 Å². The molecule has 0 fully saturated rings. The summed E-state index contributed by atoms with van der Waals surface area (Å²) >= 11 is 0. The second kappa shape index (κ2) is 6.48. The summed E-state index contributed by atoms with van der Waals surface area (Å²) in [4.78, 5) is 12.0. The highest BCUT2D eigenvalue weighted by Gasteiger charge is 2.12. The molecular weight excluding hydrogens is 292 g/mol. The number of benzene rings is 1. The maximum absolute atomic E-state index is 12.0. The first-order chi connectivity index (χ1) is 11.1. The molecule has 2 aromatic heterocycles. The van der Waals surface area contributed by atoms with Gasteiger partial charge in [-0.25, -0.2) is 9.48 Å². The summed E-state index contributed by atoms with van der Waals surface area (Å²) in [6, 6.07) is 13.2. The molecule has 118 valence electrons. The highest BCUT2D eigenvalue weighted by Crippen LogP contribution is 2.06. The Morgan fingerprint density at radius 3 is 2.61 bits per heavy atom. The van der Waals surface area contributed by atoms with E-state index < -0.39 is 5.97 Å². The van der Waals surface area contributed by atoms with E-state index >= 15 is 0 Å². The Bertz CT molecular complexity index is 805. The average Bonchev–Trinajstić information content (AvgIpc) is 3.13. The number of aromatic nitrogens is 4. The summed E-state index contributed by atoms with van der Waals surface area (Å²) in [6.45, 7) is 4.63. The van der Waals surface area contributed by atoms with Crippen molar-refractivity contribution in [3.05, 3.63) is 71.3 Å². The van der Waals surface area contributed by atoms with Gasteiger partial charge in [0.25, 0.3) is 0 Å². The van der Waals surface area contributed by atoms with Crippen LogP contribution in [0.4, 0.5) is 0 Å². The summed E-state index contributed by atoms with van der Waals surface area (Å²) in [5.74, 6) is -0.430. The Morgan fingerprint density at radius 2 is 1.91 bits per heavy atom. The SMILES string of the molecule is Cc1cc(C)n(Cn2ccc(C(=O)OCc3ccccc3)n2)n1. The molecule has 2 heterocycles. The summed E-state index contributed by atoms with van der Waals surface area (Å²) in [6.07, 6.45) is 1.75. The van der Waals surface area contributed by atoms with Gasteiger partial charge in [-0.3, -0.25) is 4.68 Å². The largest absolute Gasteiger partial charge is 0.456 e. The number of carbonyl (C=O) groups is 1. The van der Waals surface area contributed by atoms with E-state index in [0.29, 0.717) is 12.4 Å². The minimum Gasteiger partial charge on any atom is -0.456 e. The highest BCUT2D eigenvalue weighted by atomic mass is 16.5. The third-order valence-electron chi connectivity index (χ3n) is 3.44. The number of hydrogen-bond acceptors (Lipinski definition) is 4. The fourth-order valence-electron chi connectivity index (χ4n) is 2.30. The number of hydrogen-bond donors (Lipinski definition) is 0. The summed E-state index contributed by atoms with van der Waals surface area (Å²) in [5.41, 5.74) is 3.24. The number of aryl methyl sites for hydroxylation is 2. The molecular formula is C17H18N4O2. The van der Waals surface area contributed by atoms with Gasteiger partial charge in [-0.15, -0.1) is 0 Å². The van der Waals surface area contributed by atoms with Crippen molar-refractivity contribution in [3.8, 4) is 0 Å². The Balaban J connectivity index is 1.62. The molecule has 0 unspecified atom stereocenters. The number of rotatable bonds is 5. The van der Waals surface area contributed by atoms with Gasteiger partial charge in [0.1, 0.15) is 13.3 Å². The van der Waals surface area contributed by atoms with Gasteiger partial charge >= 0.3 is 5.97 Å². The van der Waals surface area contributed by atoms with Crippen molar-refractivity contribution in [2.24, 2.45) is 0 Å². The van der Waals surface area contributed by atoms with Gasteiger partial charge < -0.3 is 4.74 Å². The molecule has 0 spiro atoms. The first kappa shape index (κ1) is 15.0. The van der Waals surface area contributed by atoms with Crippen LogP contribution < -0.4 is 0 Å². The lowest BCUT2D eigenvalue weighted by Gasteiger charge is -2.05. The van der Waals surface area contributed by atoms with Crippen molar-refractivity contribution < 1.29 is 9.53 Å². The molecule has 3 rings (SSSR count). The Hall–Kier alpha value is -2.89. The van der Waals surface area contributed by atoms with E-state index in [2.05, 4.69) is 10.2 Å². The van der Waals surface area contributed by atoms with E-state index in [0.717, 1.165) is 17.0 Å². The van der Waals surface area contributed by atoms with Gasteiger partial charge in [-0.2, -0.15) is 10.2 Å². The molecule has 0 saturated heterocycles. The second-order valence-corrected chi connectivity index (χ2v) is 5.37. The monoisotopic (exact) mass is 310 g/mol. The normalized spacial score (nSPS) is 10.7. The van der Waals surface area contributed by atoms with Gasteiger partial charge in [-0.05, 0) is 31.5 Å². The van der Waals surface area contributed by atoms with E-state index in [4.69, 9.17) is 4.74 Å². The molecule has 0 aliphatic rings. The molecule has 0 aliphatic heterocycles. The standard InChI is InChI=1S/C17H18N4O2/c1-13-10-14(2)21(18-13)12-20-9-8-16(19-20)17(22)23-11-15-6-4-3-5-7-15/h3-10H,11-12H2,1-2H3. The molecule has 6 heteroatoms. The van der Waals surface area contributed by atoms with Crippen molar-refractivity contribution >= 4 is 5.97 Å². The average molecular weight is 310 g/mol. The molecule has 0 atom stereocenters. The van der Waals surface area contributed by atoms with E-state index in [1.165, 1.54) is 0 Å². The Labute approximate surface area is 134 Å². The van der Waals surface area contributed by atoms with E-state index in [1.807, 2.05) is 54.9 Å². The number of ether oxygens (including phenoxy) is 1. The molecule has 3 aromatic rings. The van der Waals surface area contributed by atoms with Crippen LogP contribution in [0.15, 0.2) is 48.7 Å². The molecule has 0 saturated carbocycles. The third kappa shape index (κ3) is 3.66. The van der Waals surface area contributed by atoms with Crippen molar-refractivity contribution in [1.82, 2.24) is 19.6 Å². The molecule has 0 radical (unpaired) electrons. The van der Waals surface area contributed by atoms with Crippen LogP contribution in [-0.4, -0.2) is 25.5 Å². The van der Waals surface area contributed by atoms with Crippen molar-refractivity contribution in [3.63, 3.8) is 0 Å². The molecule has 0 amide bonds. The van der Waals surface area contributed by atoms with E-state index in [-0.39, 0.29) is 6.61 Å². The Morgan fingerprint density at radius 1 is 1.13 bits per heavy atom. The van der Waals surface area contributed by atoms with Crippen LogP contribution >= 0.6 is 0 Å². The molecule has 0 bridgehead atoms. The zero-order valence-corrected chi connectivity index (χ0v) is 13.1. The van der Waals surface area contributed by atoms with Crippen LogP contribution in [-0.2, 0) is 18.0 Å². The number of esters is 1. The topological polar surface area (TPSA) is 61.9 Å². The van der Waals surface area contributed by atoms with Gasteiger partial charge in [0.2, 0.25) is 0 Å². The lowest BCUT2D eigenvalue weighted by atomic mass is 10.2. The zero-order valence-electron chi connectivity index (χ0n) is 13.1. The van der Waals surface area contributed by atoms with Gasteiger partial charge in [0.05, 0.1) is 5.69 Å². The molecule has 6 nitrogen and oxygen atoms in total. The smallest absolute Gasteiger partial charge is 0.359 e. The minimum atomic E-state index is -0.430. The fourth-order valence-corrected chi connectivity index (χ4v) is 2.30. The summed E-state index contributed by atoms with van der Waals surface area (Å²) < 4.78 is 8.77. The third-order valence-corrected chi connectivity index (χ3v) is 3.44. The van der Waals surface area contributed by atoms with Crippen LogP contribution in [0, 0.1) is 13.8 Å². The molecule has 0 aliphatic carbocycles. The number of carbonyl (C=O) groups excluding carboxylic acids is 1. The quantitative estimate of drug-likeness (QED) is 0.680. The maximum atomic E-state index is 12.0. The van der Waals surface area contributed by atoms with Gasteiger partial charge in [0.15, 0.2) is 5.69 Å². The van der Waals surface area contributed by atoms with Crippen LogP contribution in [0.1, 0.15) is 27.4 Å². The van der Waals surface area contributed by atoms with Crippen molar-refractivity contribution in [2.75, 3.05) is 0 Å². The molecule has 23 heavy (non-hydrogen) atoms. The van der Waals surface area contributed by atoms with Crippen LogP contribution in [0.25, 0.3) is 0 Å². The maximum Gasteiger partial charge on any atom is 0.359 e. The molecule has 1 aromatic carbocycles. The predicted octanol–water partition coefficient (Wildman–Crippen LogP) is 2.56. The first-order valence-electron chi connectivity index (χ1n) is 7.37. The minimum absolute atomic E-state index is 0.240. The van der Waals surface area contributed by atoms with Crippen molar-refractivity contribution in [2.45, 2.75) is 27.1 Å². The number of nitrogens with zero attached hydrogens (tertiary/aromatic N) is 4. The van der Waals surface area contributed by atoms with Crippen molar-refractivity contribution in [1.29, 1.82) is 0 Å². The zero-order chi connectivity index (χ0) is 16.2. The van der Waals surface area contributed by atoms with Gasteiger partial charge in [-0.1, -0.05) is 30.3 Å². The van der Waals surface area contributed by atoms with E-state index in [1.54, 1.807) is 16.9 Å². The Kier molecular flexibility index (Phi) is 4.23. The predicted molar refractivity (Wildman–Crippen MR) is 84.9 cm³/mol. The van der Waals surface area contributed by atoms with Crippen LogP contribution in [0.5, 0.6) is 0 Å². The van der Waals surface area contributed by atoms with Crippen LogP contribution in [0.3, 0.4) is 0 Å². The lowest BCUT2D eigenvalue weighted by Crippen LogP contribution is -2.13. The second-order valence-electron chi connectivity index (χ2n) is 5.37. The molecule has 0 N–H and O–H groups in total. The van der Waals surface area contributed by atoms with Gasteiger partial charge in [0, 0.05) is 11.9 Å². The van der Waals surface area contributed by atoms with Crippen LogP contribution in [0.2, 0.25) is 0 Å². The lowest BCUT2D eigenvalue weighted by molar-refractivity contribution is 0.0464. The fraction of sp³-hybridized carbons (Fsp3) is 0.235. The highest BCUT2D eigenvalue weighted by molar-refractivity contribution is 5.87. The summed E-state index contributed by atoms with van der Waals surface area (Å²) in [5, 5.41) is 8.62.